The zero-order chi connectivity index (χ0) is 24.5. The minimum Gasteiger partial charge on any atom is -0.445 e. The van der Waals surface area contributed by atoms with Gasteiger partial charge in [-0.05, 0) is 30.4 Å². The number of carbonyl (C=O) groups excluding carboxylic acids is 3. The smallest absolute Gasteiger partial charge is 0.417 e. The molecule has 1 heterocycles. The lowest BCUT2D eigenvalue weighted by atomic mass is 9.91. The predicted molar refractivity (Wildman–Crippen MR) is 129 cm³/mol. The fraction of sp³-hybridized carbons (Fsp3) is 0.444. The van der Waals surface area contributed by atoms with Crippen molar-refractivity contribution in [3.63, 3.8) is 0 Å². The van der Waals surface area contributed by atoms with Crippen LogP contribution in [0.25, 0.3) is 0 Å². The van der Waals surface area contributed by atoms with Crippen LogP contribution in [0.4, 0.5) is 9.59 Å². The number of carbonyl (C=O) groups is 3. The topological polar surface area (TPSA) is 84.9 Å². The number of rotatable bonds is 10. The van der Waals surface area contributed by atoms with Gasteiger partial charge in [-0.2, -0.15) is 0 Å². The summed E-state index contributed by atoms with van der Waals surface area (Å²) in [4.78, 5) is 39.7. The molecule has 0 aromatic heterocycles. The molecule has 0 radical (unpaired) electrons. The van der Waals surface area contributed by atoms with E-state index in [4.69, 9.17) is 9.47 Å². The number of cyclic esters (lactones) is 1. The molecule has 7 heteroatoms. The second-order valence-electron chi connectivity index (χ2n) is 8.93. The van der Waals surface area contributed by atoms with Crippen LogP contribution in [-0.4, -0.2) is 35.6 Å². The third-order valence-electron chi connectivity index (χ3n) is 6.16. The second-order valence-corrected chi connectivity index (χ2v) is 8.93. The van der Waals surface area contributed by atoms with Gasteiger partial charge in [0, 0.05) is 6.54 Å². The van der Waals surface area contributed by atoms with Gasteiger partial charge in [0.05, 0.1) is 12.0 Å². The quantitative estimate of drug-likeness (QED) is 0.502. The Labute approximate surface area is 201 Å². The molecular weight excluding hydrogens is 432 g/mol. The van der Waals surface area contributed by atoms with E-state index in [1.54, 1.807) is 0 Å². The highest BCUT2D eigenvalue weighted by Crippen LogP contribution is 2.34. The van der Waals surface area contributed by atoms with Crippen LogP contribution in [0.3, 0.4) is 0 Å². The Bertz CT molecular complexity index is 950. The zero-order valence-corrected chi connectivity index (χ0v) is 20.1. The van der Waals surface area contributed by atoms with Gasteiger partial charge in [0.2, 0.25) is 5.91 Å². The lowest BCUT2D eigenvalue weighted by Gasteiger charge is -2.26. The highest BCUT2D eigenvalue weighted by atomic mass is 16.6. The minimum absolute atomic E-state index is 0.0903. The molecule has 1 aliphatic heterocycles. The van der Waals surface area contributed by atoms with Crippen LogP contribution in [0.2, 0.25) is 0 Å². The van der Waals surface area contributed by atoms with Crippen molar-refractivity contribution in [1.82, 2.24) is 10.2 Å². The Hall–Kier alpha value is -3.35. The molecule has 1 aliphatic rings. The number of hydrogen-bond acceptors (Lipinski definition) is 5. The van der Waals surface area contributed by atoms with Crippen LogP contribution in [0.15, 0.2) is 60.7 Å². The Morgan fingerprint density at radius 1 is 1.09 bits per heavy atom. The molecule has 2 aromatic rings. The fourth-order valence-electron chi connectivity index (χ4n) is 4.39. The normalized spacial score (nSPS) is 19.3. The minimum atomic E-state index is -0.647. The van der Waals surface area contributed by atoms with Crippen molar-refractivity contribution in [3.8, 4) is 0 Å². The van der Waals surface area contributed by atoms with Crippen molar-refractivity contribution in [2.45, 2.75) is 58.8 Å². The van der Waals surface area contributed by atoms with E-state index < -0.39 is 30.3 Å². The van der Waals surface area contributed by atoms with Crippen LogP contribution in [0, 0.1) is 11.8 Å². The Morgan fingerprint density at radius 3 is 2.38 bits per heavy atom. The van der Waals surface area contributed by atoms with Crippen LogP contribution >= 0.6 is 0 Å². The van der Waals surface area contributed by atoms with E-state index in [0.29, 0.717) is 6.42 Å². The average molecular weight is 467 g/mol. The highest BCUT2D eigenvalue weighted by Gasteiger charge is 2.45. The highest BCUT2D eigenvalue weighted by molar-refractivity contribution is 5.95. The van der Waals surface area contributed by atoms with Gasteiger partial charge >= 0.3 is 12.2 Å². The second kappa shape index (κ2) is 12.2. The summed E-state index contributed by atoms with van der Waals surface area (Å²) in [5.41, 5.74) is 1.72. The summed E-state index contributed by atoms with van der Waals surface area (Å²) in [5.74, 6) is -0.627. The Morgan fingerprint density at radius 2 is 1.74 bits per heavy atom. The van der Waals surface area contributed by atoms with Gasteiger partial charge in [0.15, 0.2) is 0 Å². The lowest BCUT2D eigenvalue weighted by molar-refractivity contribution is -0.133. The largest absolute Gasteiger partial charge is 0.445 e. The molecule has 1 saturated heterocycles. The molecule has 3 rings (SSSR count). The zero-order valence-electron chi connectivity index (χ0n) is 20.1. The first-order valence-corrected chi connectivity index (χ1v) is 11.9. The number of nitrogens with one attached hydrogen (secondary N) is 1. The van der Waals surface area contributed by atoms with Gasteiger partial charge in [-0.15, -0.1) is 0 Å². The predicted octanol–water partition coefficient (Wildman–Crippen LogP) is 5.46. The van der Waals surface area contributed by atoms with E-state index in [1.165, 1.54) is 4.90 Å². The summed E-state index contributed by atoms with van der Waals surface area (Å²) in [7, 11) is 0. The molecule has 1 N–H and O–H groups in total. The number of amides is 3. The van der Waals surface area contributed by atoms with Crippen molar-refractivity contribution in [2.75, 3.05) is 6.54 Å². The van der Waals surface area contributed by atoms with Gasteiger partial charge in [-0.1, -0.05) is 87.4 Å². The van der Waals surface area contributed by atoms with E-state index in [2.05, 4.69) is 19.2 Å². The van der Waals surface area contributed by atoms with E-state index in [1.807, 2.05) is 67.6 Å². The number of alkyl carbamates (subject to hydrolysis) is 1. The molecule has 182 valence electrons. The number of imide groups is 1. The van der Waals surface area contributed by atoms with E-state index >= 15 is 0 Å². The first-order valence-electron chi connectivity index (χ1n) is 11.9. The molecule has 4 atom stereocenters. The first kappa shape index (κ1) is 25.3. The molecule has 1 fully saturated rings. The number of nitrogens with zero attached hydrogens (tertiary/aromatic N) is 1. The van der Waals surface area contributed by atoms with Crippen LogP contribution in [-0.2, 0) is 20.9 Å². The maximum Gasteiger partial charge on any atom is 0.417 e. The first-order chi connectivity index (χ1) is 16.4. The Balaban J connectivity index is 1.66. The summed E-state index contributed by atoms with van der Waals surface area (Å²) in [5, 5.41) is 2.72. The molecule has 0 bridgehead atoms. The summed E-state index contributed by atoms with van der Waals surface area (Å²) < 4.78 is 10.9. The van der Waals surface area contributed by atoms with Crippen LogP contribution in [0.5, 0.6) is 0 Å². The van der Waals surface area contributed by atoms with Gasteiger partial charge in [-0.3, -0.25) is 4.79 Å². The van der Waals surface area contributed by atoms with Crippen molar-refractivity contribution in [1.29, 1.82) is 0 Å². The summed E-state index contributed by atoms with van der Waals surface area (Å²) in [6.45, 7) is 6.22. The lowest BCUT2D eigenvalue weighted by Crippen LogP contribution is -2.45. The third-order valence-corrected chi connectivity index (χ3v) is 6.16. The van der Waals surface area contributed by atoms with Crippen LogP contribution < -0.4 is 5.32 Å². The van der Waals surface area contributed by atoms with Gasteiger partial charge in [0.25, 0.3) is 0 Å². The molecular formula is C27H34N2O5. The van der Waals surface area contributed by atoms with Gasteiger partial charge < -0.3 is 14.8 Å². The Kier molecular flexibility index (Phi) is 9.08. The summed E-state index contributed by atoms with van der Waals surface area (Å²) >= 11 is 0. The summed E-state index contributed by atoms with van der Waals surface area (Å²) in [6, 6.07) is 18.3. The molecule has 34 heavy (non-hydrogen) atoms. The molecule has 0 unspecified atom stereocenters. The number of hydrogen-bond donors (Lipinski definition) is 1. The van der Waals surface area contributed by atoms with E-state index in [-0.39, 0.29) is 25.0 Å². The maximum absolute atomic E-state index is 13.5. The van der Waals surface area contributed by atoms with Gasteiger partial charge in [0.1, 0.15) is 12.7 Å². The maximum atomic E-state index is 13.5. The van der Waals surface area contributed by atoms with Crippen molar-refractivity contribution in [2.24, 2.45) is 11.8 Å². The van der Waals surface area contributed by atoms with Gasteiger partial charge in [-0.25, -0.2) is 14.5 Å². The van der Waals surface area contributed by atoms with Crippen LogP contribution in [0.1, 0.15) is 57.3 Å². The monoisotopic (exact) mass is 466 g/mol. The molecule has 3 amide bonds. The van der Waals surface area contributed by atoms with Crippen molar-refractivity contribution >= 4 is 18.1 Å². The molecule has 7 nitrogen and oxygen atoms in total. The molecule has 0 spiro atoms. The number of benzene rings is 2. The molecule has 0 aliphatic carbocycles. The fourth-order valence-corrected chi connectivity index (χ4v) is 4.39. The third kappa shape index (κ3) is 6.59. The van der Waals surface area contributed by atoms with E-state index in [9.17, 15) is 14.4 Å². The SMILES string of the molecule is CCC[C@@H](C)C[C@H](CNC(=O)OCc1ccccc1)C(=O)N1C(=O)O[C@H](c2ccccc2)[C@@H]1C. The summed E-state index contributed by atoms with van der Waals surface area (Å²) in [6.07, 6.45) is 0.741. The standard InChI is InChI=1S/C27H34N2O5/c1-4-11-19(2)16-23(17-28-26(31)33-18-21-12-7-5-8-13-21)25(30)29-20(3)24(34-27(29)32)22-14-9-6-10-15-22/h5-10,12-15,19-20,23-24H,4,11,16-18H2,1-3H3,(H,28,31)/t19-,20+,23-,24+/m1/s1. The molecule has 2 aromatic carbocycles. The number of ether oxygens (including phenoxy) is 2. The van der Waals surface area contributed by atoms with Crippen molar-refractivity contribution in [3.05, 3.63) is 71.8 Å². The van der Waals surface area contributed by atoms with E-state index in [0.717, 1.165) is 24.0 Å². The average Bonchev–Trinajstić information content (AvgIpc) is 3.15. The van der Waals surface area contributed by atoms with Crippen molar-refractivity contribution < 1.29 is 23.9 Å². The molecule has 0 saturated carbocycles.